The predicted octanol–water partition coefficient (Wildman–Crippen LogP) is 0.551. The van der Waals surface area contributed by atoms with Crippen LogP contribution in [0.4, 0.5) is 0 Å². The number of nitrogens with two attached hydrogens (primary N) is 1. The van der Waals surface area contributed by atoms with Crippen molar-refractivity contribution < 1.29 is 9.53 Å². The van der Waals surface area contributed by atoms with E-state index in [1.807, 2.05) is 13.8 Å². The highest BCUT2D eigenvalue weighted by atomic mass is 16.5. The van der Waals surface area contributed by atoms with Gasteiger partial charge in [0.05, 0.1) is 23.8 Å². The fourth-order valence-corrected chi connectivity index (χ4v) is 1.51. The second-order valence-corrected chi connectivity index (χ2v) is 5.25. The number of carbonyl (C=O) groups excluding carboxylic acids is 1. The molecule has 86 valence electrons. The molecule has 0 aliphatic heterocycles. The maximum absolute atomic E-state index is 11.7. The number of ether oxygens (including phenoxy) is 1. The lowest BCUT2D eigenvalue weighted by molar-refractivity contribution is -0.125. The number of carbonyl (C=O) groups is 1. The first-order valence-electron chi connectivity index (χ1n) is 5.69. The van der Waals surface area contributed by atoms with Gasteiger partial charge in [-0.1, -0.05) is 0 Å². The Bertz CT molecular complexity index is 268. The highest BCUT2D eigenvalue weighted by Gasteiger charge is 2.52. The predicted molar refractivity (Wildman–Crippen MR) is 57.3 cm³/mol. The summed E-state index contributed by atoms with van der Waals surface area (Å²) in [5.41, 5.74) is 5.17. The van der Waals surface area contributed by atoms with Crippen molar-refractivity contribution in [3.05, 3.63) is 0 Å². The highest BCUT2D eigenvalue weighted by molar-refractivity contribution is 5.89. The quantitative estimate of drug-likeness (QED) is 0.699. The molecule has 3 N–H and O–H groups in total. The van der Waals surface area contributed by atoms with Crippen molar-refractivity contribution in [3.63, 3.8) is 0 Å². The lowest BCUT2D eigenvalue weighted by Gasteiger charge is -2.21. The molecule has 0 aromatic carbocycles. The molecule has 15 heavy (non-hydrogen) atoms. The topological polar surface area (TPSA) is 64.3 Å². The first kappa shape index (κ1) is 10.9. The summed E-state index contributed by atoms with van der Waals surface area (Å²) in [4.78, 5) is 11.7. The molecule has 0 radical (unpaired) electrons. The Labute approximate surface area is 90.5 Å². The molecule has 4 nitrogen and oxygen atoms in total. The van der Waals surface area contributed by atoms with Gasteiger partial charge >= 0.3 is 0 Å². The van der Waals surface area contributed by atoms with Gasteiger partial charge in [0.15, 0.2) is 0 Å². The summed E-state index contributed by atoms with van der Waals surface area (Å²) in [5, 5.41) is 3.04. The standard InChI is InChI=1S/C11H20N2O2/c1-8(2)15-7-10(3-4-10)13-9(14)11(12)5-6-11/h8H,3-7,12H2,1-2H3,(H,13,14). The van der Waals surface area contributed by atoms with Gasteiger partial charge in [0.25, 0.3) is 0 Å². The fourth-order valence-electron chi connectivity index (χ4n) is 1.51. The van der Waals surface area contributed by atoms with Gasteiger partial charge in [0.1, 0.15) is 0 Å². The molecule has 2 rings (SSSR count). The van der Waals surface area contributed by atoms with Crippen LogP contribution in [-0.2, 0) is 9.53 Å². The third-order valence-electron chi connectivity index (χ3n) is 3.17. The molecule has 2 aliphatic rings. The van der Waals surface area contributed by atoms with Gasteiger partial charge in [-0.2, -0.15) is 0 Å². The van der Waals surface area contributed by atoms with Crippen LogP contribution in [0, 0.1) is 0 Å². The van der Waals surface area contributed by atoms with Crippen molar-refractivity contribution in [1.82, 2.24) is 5.32 Å². The Morgan fingerprint density at radius 3 is 2.40 bits per heavy atom. The highest BCUT2D eigenvalue weighted by Crippen LogP contribution is 2.39. The summed E-state index contributed by atoms with van der Waals surface area (Å²) < 4.78 is 5.55. The molecule has 2 aliphatic carbocycles. The van der Waals surface area contributed by atoms with E-state index in [1.165, 1.54) is 0 Å². The van der Waals surface area contributed by atoms with Gasteiger partial charge in [0, 0.05) is 0 Å². The molecule has 0 spiro atoms. The third-order valence-corrected chi connectivity index (χ3v) is 3.17. The first-order chi connectivity index (χ1) is 6.96. The number of hydrogen-bond donors (Lipinski definition) is 2. The summed E-state index contributed by atoms with van der Waals surface area (Å²) in [6.07, 6.45) is 3.88. The molecule has 4 heteroatoms. The van der Waals surface area contributed by atoms with Crippen LogP contribution in [0.2, 0.25) is 0 Å². The van der Waals surface area contributed by atoms with Crippen molar-refractivity contribution in [2.75, 3.05) is 6.61 Å². The average Bonchev–Trinajstić information content (AvgIpc) is 3.03. The summed E-state index contributed by atoms with van der Waals surface area (Å²) in [6.45, 7) is 4.62. The van der Waals surface area contributed by atoms with Gasteiger partial charge in [-0.05, 0) is 39.5 Å². The molecule has 0 bridgehead atoms. The van der Waals surface area contributed by atoms with E-state index in [4.69, 9.17) is 10.5 Å². The van der Waals surface area contributed by atoms with Crippen LogP contribution < -0.4 is 11.1 Å². The Morgan fingerprint density at radius 1 is 1.40 bits per heavy atom. The maximum atomic E-state index is 11.7. The second-order valence-electron chi connectivity index (χ2n) is 5.25. The van der Waals surface area contributed by atoms with E-state index < -0.39 is 5.54 Å². The molecular weight excluding hydrogens is 192 g/mol. The van der Waals surface area contributed by atoms with Crippen LogP contribution >= 0.6 is 0 Å². The zero-order chi connectivity index (χ0) is 11.1. The van der Waals surface area contributed by atoms with Crippen molar-refractivity contribution in [2.45, 2.75) is 56.7 Å². The molecule has 1 amide bonds. The Balaban J connectivity index is 1.80. The number of rotatable bonds is 5. The normalized spacial score (nSPS) is 25.1. The van der Waals surface area contributed by atoms with Crippen molar-refractivity contribution in [1.29, 1.82) is 0 Å². The average molecular weight is 212 g/mol. The van der Waals surface area contributed by atoms with Gasteiger partial charge in [-0.3, -0.25) is 4.79 Å². The zero-order valence-electron chi connectivity index (χ0n) is 9.51. The lowest BCUT2D eigenvalue weighted by Crippen LogP contribution is -2.50. The van der Waals surface area contributed by atoms with Crippen molar-refractivity contribution in [2.24, 2.45) is 5.73 Å². The minimum absolute atomic E-state index is 0.00681. The smallest absolute Gasteiger partial charge is 0.240 e. The number of nitrogens with one attached hydrogen (secondary N) is 1. The van der Waals surface area contributed by atoms with E-state index in [-0.39, 0.29) is 17.6 Å². The van der Waals surface area contributed by atoms with Gasteiger partial charge in [-0.15, -0.1) is 0 Å². The molecule has 0 aromatic rings. The second kappa shape index (κ2) is 3.46. The minimum atomic E-state index is -0.562. The molecule has 0 unspecified atom stereocenters. The van der Waals surface area contributed by atoms with E-state index in [9.17, 15) is 4.79 Å². The summed E-state index contributed by atoms with van der Waals surface area (Å²) in [7, 11) is 0. The zero-order valence-corrected chi connectivity index (χ0v) is 9.51. The molecule has 0 saturated heterocycles. The molecule has 0 aromatic heterocycles. The van der Waals surface area contributed by atoms with Crippen LogP contribution in [-0.4, -0.2) is 29.7 Å². The van der Waals surface area contributed by atoms with Crippen LogP contribution in [0.3, 0.4) is 0 Å². The van der Waals surface area contributed by atoms with Crippen molar-refractivity contribution >= 4 is 5.91 Å². The van der Waals surface area contributed by atoms with Gasteiger partial charge in [0.2, 0.25) is 5.91 Å². The Hall–Kier alpha value is -0.610. The fraction of sp³-hybridized carbons (Fsp3) is 0.909. The maximum Gasteiger partial charge on any atom is 0.240 e. The minimum Gasteiger partial charge on any atom is -0.376 e. The van der Waals surface area contributed by atoms with E-state index in [2.05, 4.69) is 5.32 Å². The molecule has 2 saturated carbocycles. The number of amides is 1. The molecule has 0 atom stereocenters. The van der Waals surface area contributed by atoms with E-state index >= 15 is 0 Å². The summed E-state index contributed by atoms with van der Waals surface area (Å²) in [5.74, 6) is 0.00681. The van der Waals surface area contributed by atoms with Crippen LogP contribution in [0.1, 0.15) is 39.5 Å². The largest absolute Gasteiger partial charge is 0.376 e. The van der Waals surface area contributed by atoms with Crippen LogP contribution in [0.5, 0.6) is 0 Å². The molecule has 2 fully saturated rings. The van der Waals surface area contributed by atoms with E-state index in [0.717, 1.165) is 25.7 Å². The van der Waals surface area contributed by atoms with E-state index in [0.29, 0.717) is 6.61 Å². The first-order valence-corrected chi connectivity index (χ1v) is 5.69. The van der Waals surface area contributed by atoms with Crippen LogP contribution in [0.25, 0.3) is 0 Å². The number of hydrogen-bond acceptors (Lipinski definition) is 3. The summed E-state index contributed by atoms with van der Waals surface area (Å²) >= 11 is 0. The van der Waals surface area contributed by atoms with Crippen molar-refractivity contribution in [3.8, 4) is 0 Å². The third kappa shape index (κ3) is 2.49. The molecule has 0 heterocycles. The summed E-state index contributed by atoms with van der Waals surface area (Å²) in [6, 6.07) is 0. The lowest BCUT2D eigenvalue weighted by atomic mass is 10.2. The monoisotopic (exact) mass is 212 g/mol. The SMILES string of the molecule is CC(C)OCC1(NC(=O)C2(N)CC2)CC1. The Kier molecular flexibility index (Phi) is 2.51. The van der Waals surface area contributed by atoms with Gasteiger partial charge < -0.3 is 15.8 Å². The van der Waals surface area contributed by atoms with E-state index in [1.54, 1.807) is 0 Å². The molecular formula is C11H20N2O2. The van der Waals surface area contributed by atoms with Gasteiger partial charge in [-0.25, -0.2) is 0 Å². The Morgan fingerprint density at radius 2 is 2.00 bits per heavy atom. The van der Waals surface area contributed by atoms with Crippen LogP contribution in [0.15, 0.2) is 0 Å².